The molecule has 0 bridgehead atoms. The number of rotatable bonds is 2. The largest absolute Gasteiger partial charge is 0.339 e. The van der Waals surface area contributed by atoms with Gasteiger partial charge in [-0.25, -0.2) is 0 Å². The Hall–Kier alpha value is -1.06. The van der Waals surface area contributed by atoms with Crippen LogP contribution in [0.3, 0.4) is 0 Å². The van der Waals surface area contributed by atoms with Crippen molar-refractivity contribution >= 4 is 12.8 Å². The van der Waals surface area contributed by atoms with Crippen molar-refractivity contribution in [3.8, 4) is 0 Å². The van der Waals surface area contributed by atoms with E-state index in [1.165, 1.54) is 0 Å². The van der Waals surface area contributed by atoms with Crippen molar-refractivity contribution in [2.45, 2.75) is 25.9 Å². The summed E-state index contributed by atoms with van der Waals surface area (Å²) in [5.41, 5.74) is 0. The molecule has 1 saturated heterocycles. The Balaban J connectivity index is 2.60. The Morgan fingerprint density at radius 2 is 1.33 bits per heavy atom. The highest BCUT2D eigenvalue weighted by molar-refractivity contribution is 5.52. The third kappa shape index (κ3) is 1.57. The van der Waals surface area contributed by atoms with Gasteiger partial charge in [0.15, 0.2) is 0 Å². The van der Waals surface area contributed by atoms with Crippen LogP contribution in [0.25, 0.3) is 0 Å². The number of hydrogen-bond acceptors (Lipinski definition) is 2. The summed E-state index contributed by atoms with van der Waals surface area (Å²) in [5.74, 6) is 0. The smallest absolute Gasteiger partial charge is 0.210 e. The molecule has 1 aliphatic rings. The quantitative estimate of drug-likeness (QED) is 0.533. The van der Waals surface area contributed by atoms with E-state index in [1.54, 1.807) is 9.80 Å². The first-order chi connectivity index (χ1) is 5.69. The standard InChI is InChI=1S/C8H14N2O2/c1-7-3-10(6-12)8(2)4-9(7)5-11/h5-8H,3-4H2,1-2H3/t7-,8-/m1/s1. The van der Waals surface area contributed by atoms with Gasteiger partial charge in [-0.3, -0.25) is 9.59 Å². The van der Waals surface area contributed by atoms with Gasteiger partial charge >= 0.3 is 0 Å². The normalized spacial score (nSPS) is 30.2. The Bertz CT molecular complexity index is 164. The van der Waals surface area contributed by atoms with Crippen LogP contribution in [0.4, 0.5) is 0 Å². The van der Waals surface area contributed by atoms with Gasteiger partial charge in [0.1, 0.15) is 0 Å². The molecule has 1 rings (SSSR count). The lowest BCUT2D eigenvalue weighted by atomic mass is 10.1. The Morgan fingerprint density at radius 1 is 1.00 bits per heavy atom. The van der Waals surface area contributed by atoms with E-state index >= 15 is 0 Å². The van der Waals surface area contributed by atoms with Crippen LogP contribution in [0.2, 0.25) is 0 Å². The van der Waals surface area contributed by atoms with E-state index in [4.69, 9.17) is 0 Å². The highest BCUT2D eigenvalue weighted by Gasteiger charge is 2.26. The molecule has 12 heavy (non-hydrogen) atoms. The van der Waals surface area contributed by atoms with Gasteiger partial charge < -0.3 is 9.80 Å². The highest BCUT2D eigenvalue weighted by Crippen LogP contribution is 2.10. The van der Waals surface area contributed by atoms with Crippen molar-refractivity contribution < 1.29 is 9.59 Å². The van der Waals surface area contributed by atoms with Crippen LogP contribution in [-0.4, -0.2) is 47.8 Å². The summed E-state index contributed by atoms with van der Waals surface area (Å²) in [7, 11) is 0. The average molecular weight is 170 g/mol. The summed E-state index contributed by atoms with van der Waals surface area (Å²) in [6, 6.07) is 0.285. The summed E-state index contributed by atoms with van der Waals surface area (Å²) in [5, 5.41) is 0. The maximum absolute atomic E-state index is 10.5. The lowest BCUT2D eigenvalue weighted by molar-refractivity contribution is -0.131. The van der Waals surface area contributed by atoms with Gasteiger partial charge in [0.05, 0.1) is 0 Å². The topological polar surface area (TPSA) is 40.6 Å². The molecule has 2 amide bonds. The van der Waals surface area contributed by atoms with E-state index in [-0.39, 0.29) is 12.1 Å². The summed E-state index contributed by atoms with van der Waals surface area (Å²) in [6.07, 6.45) is 1.70. The van der Waals surface area contributed by atoms with Gasteiger partial charge in [0.2, 0.25) is 12.8 Å². The van der Waals surface area contributed by atoms with Crippen LogP contribution >= 0.6 is 0 Å². The van der Waals surface area contributed by atoms with Crippen molar-refractivity contribution in [2.24, 2.45) is 0 Å². The second-order valence-electron chi connectivity index (χ2n) is 3.30. The lowest BCUT2D eigenvalue weighted by Gasteiger charge is -2.40. The fraction of sp³-hybridized carbons (Fsp3) is 0.750. The molecule has 2 atom stereocenters. The number of hydrogen-bond donors (Lipinski definition) is 0. The molecule has 0 aliphatic carbocycles. The number of nitrogens with zero attached hydrogens (tertiary/aromatic N) is 2. The second kappa shape index (κ2) is 3.56. The zero-order chi connectivity index (χ0) is 9.14. The van der Waals surface area contributed by atoms with Crippen molar-refractivity contribution in [3.63, 3.8) is 0 Å². The molecule has 0 aromatic rings. The lowest BCUT2D eigenvalue weighted by Crippen LogP contribution is -2.55. The Morgan fingerprint density at radius 3 is 1.58 bits per heavy atom. The Kier molecular flexibility index (Phi) is 2.68. The SMILES string of the molecule is C[C@@H]1CN(C=O)[C@H](C)CN1C=O. The number of carbonyl (C=O) groups excluding carboxylic acids is 2. The fourth-order valence-corrected chi connectivity index (χ4v) is 1.47. The first kappa shape index (κ1) is 9.03. The van der Waals surface area contributed by atoms with Crippen molar-refractivity contribution in [2.75, 3.05) is 13.1 Å². The second-order valence-corrected chi connectivity index (χ2v) is 3.30. The first-order valence-corrected chi connectivity index (χ1v) is 4.11. The molecule has 68 valence electrons. The minimum absolute atomic E-state index is 0.142. The molecule has 0 unspecified atom stereocenters. The van der Waals surface area contributed by atoms with Gasteiger partial charge in [-0.15, -0.1) is 0 Å². The maximum atomic E-state index is 10.5. The monoisotopic (exact) mass is 170 g/mol. The van der Waals surface area contributed by atoms with Gasteiger partial charge in [-0.2, -0.15) is 0 Å². The molecule has 1 fully saturated rings. The van der Waals surface area contributed by atoms with Crippen LogP contribution in [0.15, 0.2) is 0 Å². The van der Waals surface area contributed by atoms with E-state index in [2.05, 4.69) is 0 Å². The van der Waals surface area contributed by atoms with Gasteiger partial charge in [0.25, 0.3) is 0 Å². The molecule has 1 heterocycles. The average Bonchev–Trinajstić information content (AvgIpc) is 2.08. The predicted molar refractivity (Wildman–Crippen MR) is 44.5 cm³/mol. The van der Waals surface area contributed by atoms with E-state index in [0.717, 1.165) is 12.8 Å². The molecule has 0 spiro atoms. The van der Waals surface area contributed by atoms with Crippen molar-refractivity contribution in [1.29, 1.82) is 0 Å². The molecule has 1 aliphatic heterocycles. The summed E-state index contributed by atoms with van der Waals surface area (Å²) in [4.78, 5) is 24.5. The molecule has 0 N–H and O–H groups in total. The fourth-order valence-electron chi connectivity index (χ4n) is 1.47. The van der Waals surface area contributed by atoms with Gasteiger partial charge in [-0.1, -0.05) is 0 Å². The molecular weight excluding hydrogens is 156 g/mol. The third-order valence-electron chi connectivity index (χ3n) is 2.35. The summed E-state index contributed by atoms with van der Waals surface area (Å²) < 4.78 is 0. The summed E-state index contributed by atoms with van der Waals surface area (Å²) in [6.45, 7) is 5.17. The molecule has 0 saturated carbocycles. The maximum Gasteiger partial charge on any atom is 0.210 e. The van der Waals surface area contributed by atoms with Gasteiger partial charge in [0, 0.05) is 25.2 Å². The molecule has 4 nitrogen and oxygen atoms in total. The van der Waals surface area contributed by atoms with Crippen molar-refractivity contribution in [1.82, 2.24) is 9.80 Å². The van der Waals surface area contributed by atoms with Crippen molar-refractivity contribution in [3.05, 3.63) is 0 Å². The van der Waals surface area contributed by atoms with E-state index in [0.29, 0.717) is 13.1 Å². The zero-order valence-corrected chi connectivity index (χ0v) is 7.43. The number of piperazine rings is 1. The molecule has 0 aromatic carbocycles. The minimum Gasteiger partial charge on any atom is -0.339 e. The van der Waals surface area contributed by atoms with E-state index in [1.807, 2.05) is 13.8 Å². The van der Waals surface area contributed by atoms with Crippen LogP contribution in [0.1, 0.15) is 13.8 Å². The summed E-state index contributed by atoms with van der Waals surface area (Å²) >= 11 is 0. The number of carbonyl (C=O) groups is 2. The number of amides is 2. The minimum atomic E-state index is 0.142. The highest BCUT2D eigenvalue weighted by atomic mass is 16.1. The molecule has 0 aromatic heterocycles. The molecular formula is C8H14N2O2. The van der Waals surface area contributed by atoms with Crippen LogP contribution < -0.4 is 0 Å². The van der Waals surface area contributed by atoms with Crippen LogP contribution in [-0.2, 0) is 9.59 Å². The van der Waals surface area contributed by atoms with E-state index < -0.39 is 0 Å². The van der Waals surface area contributed by atoms with Crippen LogP contribution in [0.5, 0.6) is 0 Å². The molecule has 4 heteroatoms. The first-order valence-electron chi connectivity index (χ1n) is 4.11. The van der Waals surface area contributed by atoms with Crippen LogP contribution in [0, 0.1) is 0 Å². The predicted octanol–water partition coefficient (Wildman–Crippen LogP) is -0.306. The van der Waals surface area contributed by atoms with E-state index in [9.17, 15) is 9.59 Å². The zero-order valence-electron chi connectivity index (χ0n) is 7.43. The Labute approximate surface area is 72.1 Å². The third-order valence-corrected chi connectivity index (χ3v) is 2.35. The molecule has 0 radical (unpaired) electrons. The van der Waals surface area contributed by atoms with Gasteiger partial charge in [-0.05, 0) is 13.8 Å².